The fourth-order valence-corrected chi connectivity index (χ4v) is 3.49. The van der Waals surface area contributed by atoms with Gasteiger partial charge in [-0.25, -0.2) is 9.92 Å². The van der Waals surface area contributed by atoms with Crippen LogP contribution in [0.2, 0.25) is 0 Å². The lowest BCUT2D eigenvalue weighted by molar-refractivity contribution is -0.210. The van der Waals surface area contributed by atoms with Crippen molar-refractivity contribution in [3.05, 3.63) is 41.0 Å². The van der Waals surface area contributed by atoms with Gasteiger partial charge in [-0.1, -0.05) is 19.1 Å². The third-order valence-corrected chi connectivity index (χ3v) is 4.97. The van der Waals surface area contributed by atoms with E-state index >= 15 is 0 Å². The normalized spacial score (nSPS) is 16.9. The first-order valence-electron chi connectivity index (χ1n) is 9.86. The topological polar surface area (TPSA) is 77.4 Å². The van der Waals surface area contributed by atoms with Crippen LogP contribution in [-0.2, 0) is 4.94 Å². The van der Waals surface area contributed by atoms with Gasteiger partial charge in [0.1, 0.15) is 5.36 Å². The molecule has 3 heterocycles. The second-order valence-electron chi connectivity index (χ2n) is 6.79. The highest BCUT2D eigenvalue weighted by Gasteiger charge is 2.18. The fourth-order valence-electron chi connectivity index (χ4n) is 3.49. The number of fused-ring (bicyclic) bond motifs is 1. The molecule has 2 aliphatic rings. The van der Waals surface area contributed by atoms with Gasteiger partial charge in [0.15, 0.2) is 5.82 Å². The van der Waals surface area contributed by atoms with E-state index in [1.807, 2.05) is 25.1 Å². The van der Waals surface area contributed by atoms with Crippen LogP contribution < -0.4 is 26.4 Å². The Balaban J connectivity index is 1.50. The van der Waals surface area contributed by atoms with E-state index in [-0.39, 0.29) is 0 Å². The van der Waals surface area contributed by atoms with E-state index < -0.39 is 0 Å². The maximum absolute atomic E-state index is 5.49. The van der Waals surface area contributed by atoms with E-state index in [1.54, 1.807) is 0 Å². The molecule has 8 nitrogen and oxygen atoms in total. The maximum atomic E-state index is 5.49. The van der Waals surface area contributed by atoms with Crippen molar-refractivity contribution in [1.82, 2.24) is 15.5 Å². The summed E-state index contributed by atoms with van der Waals surface area (Å²) in [5.74, 6) is 0.789. The summed E-state index contributed by atoms with van der Waals surface area (Å²) < 4.78 is 0. The lowest BCUT2D eigenvalue weighted by Gasteiger charge is -2.34. The number of piperazine rings is 1. The van der Waals surface area contributed by atoms with Crippen molar-refractivity contribution in [3.63, 3.8) is 0 Å². The van der Waals surface area contributed by atoms with Crippen molar-refractivity contribution in [1.29, 1.82) is 0 Å². The number of hydrogen-bond donors (Lipinski definition) is 2. The number of nitrogens with zero attached hydrogens (tertiary/aromatic N) is 5. The number of rotatable bonds is 6. The third-order valence-electron chi connectivity index (χ3n) is 4.97. The van der Waals surface area contributed by atoms with Gasteiger partial charge in [-0.15, -0.1) is 0 Å². The molecule has 1 aromatic carbocycles. The molecule has 1 fully saturated rings. The summed E-state index contributed by atoms with van der Waals surface area (Å²) in [4.78, 5) is 21.8. The lowest BCUT2D eigenvalue weighted by Crippen LogP contribution is -2.48. The van der Waals surface area contributed by atoms with Crippen molar-refractivity contribution in [2.45, 2.75) is 6.92 Å². The molecule has 0 unspecified atom stereocenters. The van der Waals surface area contributed by atoms with E-state index in [4.69, 9.17) is 9.92 Å². The number of pyridine rings is 1. The van der Waals surface area contributed by atoms with Gasteiger partial charge in [-0.2, -0.15) is 10.5 Å². The Morgan fingerprint density at radius 1 is 1.04 bits per heavy atom. The SMILES string of the molecule is CCNON1CCN(c2ccc(-c3cc4c(c(NC)n3)=NCCN=4)cc2)CC1. The second kappa shape index (κ2) is 8.64. The molecule has 1 saturated heterocycles. The first-order valence-corrected chi connectivity index (χ1v) is 9.86. The van der Waals surface area contributed by atoms with Crippen molar-refractivity contribution < 1.29 is 4.94 Å². The minimum atomic E-state index is 0.726. The summed E-state index contributed by atoms with van der Waals surface area (Å²) in [6, 6.07) is 10.6. The van der Waals surface area contributed by atoms with Gasteiger partial charge in [-0.3, -0.25) is 9.98 Å². The summed E-state index contributed by atoms with van der Waals surface area (Å²) >= 11 is 0. The third kappa shape index (κ3) is 3.99. The van der Waals surface area contributed by atoms with Gasteiger partial charge < -0.3 is 10.2 Å². The van der Waals surface area contributed by atoms with Crippen molar-refractivity contribution in [2.24, 2.45) is 9.98 Å². The summed E-state index contributed by atoms with van der Waals surface area (Å²) in [6.07, 6.45) is 0. The van der Waals surface area contributed by atoms with Crippen molar-refractivity contribution in [2.75, 3.05) is 63.1 Å². The summed E-state index contributed by atoms with van der Waals surface area (Å²) in [5, 5.41) is 6.91. The van der Waals surface area contributed by atoms with Gasteiger partial charge in [0.25, 0.3) is 0 Å². The number of anilines is 2. The number of benzene rings is 1. The van der Waals surface area contributed by atoms with Gasteiger partial charge >= 0.3 is 0 Å². The first-order chi connectivity index (χ1) is 13.8. The second-order valence-corrected chi connectivity index (χ2v) is 6.79. The molecule has 8 heteroatoms. The predicted octanol–water partition coefficient (Wildman–Crippen LogP) is 0.621. The van der Waals surface area contributed by atoms with Crippen LogP contribution in [0.15, 0.2) is 40.3 Å². The van der Waals surface area contributed by atoms with Gasteiger partial charge in [-0.05, 0) is 18.2 Å². The molecule has 0 amide bonds. The molecule has 4 rings (SSSR count). The molecule has 0 saturated carbocycles. The van der Waals surface area contributed by atoms with Crippen LogP contribution in [0.4, 0.5) is 11.5 Å². The molecule has 1 aromatic heterocycles. The van der Waals surface area contributed by atoms with Crippen LogP contribution in [0.25, 0.3) is 11.3 Å². The molecule has 0 bridgehead atoms. The average molecular weight is 381 g/mol. The molecule has 0 atom stereocenters. The fraction of sp³-hybridized carbons (Fsp3) is 0.450. The Kier molecular flexibility index (Phi) is 5.80. The Morgan fingerprint density at radius 3 is 2.50 bits per heavy atom. The highest BCUT2D eigenvalue weighted by Crippen LogP contribution is 2.22. The molecule has 28 heavy (non-hydrogen) atoms. The molecule has 0 spiro atoms. The molecular weight excluding hydrogens is 354 g/mol. The number of nitrogens with one attached hydrogen (secondary N) is 2. The Hall–Kier alpha value is -2.55. The largest absolute Gasteiger partial charge is 0.371 e. The van der Waals surface area contributed by atoms with E-state index in [0.29, 0.717) is 0 Å². The first kappa shape index (κ1) is 18.8. The standard InChI is InChI=1S/C20H27N7O/c1-3-24-28-27-12-10-26(11-13-27)16-6-4-15(5-7-16)17-14-18-19(20(21-2)25-17)23-9-8-22-18/h4-7,14,24H,3,8-13H2,1-2H3,(H,21,25). The van der Waals surface area contributed by atoms with Crippen LogP contribution in [0, 0.1) is 0 Å². The Bertz CT molecular complexity index is 921. The minimum Gasteiger partial charge on any atom is -0.371 e. The average Bonchev–Trinajstić information content (AvgIpc) is 2.77. The smallest absolute Gasteiger partial charge is 0.154 e. The maximum Gasteiger partial charge on any atom is 0.154 e. The molecule has 0 radical (unpaired) electrons. The Labute approximate surface area is 164 Å². The minimum absolute atomic E-state index is 0.726. The monoisotopic (exact) mass is 381 g/mol. The summed E-state index contributed by atoms with van der Waals surface area (Å²) in [6.45, 7) is 7.91. The molecular formula is C20H27N7O. The summed E-state index contributed by atoms with van der Waals surface area (Å²) in [7, 11) is 1.87. The number of aromatic nitrogens is 1. The van der Waals surface area contributed by atoms with E-state index in [2.05, 4.69) is 49.9 Å². The van der Waals surface area contributed by atoms with Gasteiger partial charge in [0.2, 0.25) is 0 Å². The summed E-state index contributed by atoms with van der Waals surface area (Å²) in [5.41, 5.74) is 6.13. The van der Waals surface area contributed by atoms with E-state index in [1.165, 1.54) is 5.69 Å². The predicted molar refractivity (Wildman–Crippen MR) is 110 cm³/mol. The molecule has 0 aliphatic carbocycles. The van der Waals surface area contributed by atoms with Crippen LogP contribution in [0.1, 0.15) is 6.92 Å². The molecule has 148 valence electrons. The van der Waals surface area contributed by atoms with Gasteiger partial charge in [0, 0.05) is 51.0 Å². The van der Waals surface area contributed by atoms with Crippen LogP contribution in [-0.4, -0.2) is 62.9 Å². The quantitative estimate of drug-likeness (QED) is 0.715. The van der Waals surface area contributed by atoms with E-state index in [0.717, 1.165) is 73.6 Å². The van der Waals surface area contributed by atoms with Crippen LogP contribution in [0.3, 0.4) is 0 Å². The highest BCUT2D eigenvalue weighted by atomic mass is 16.8. The van der Waals surface area contributed by atoms with Crippen molar-refractivity contribution in [3.8, 4) is 11.3 Å². The molecule has 2 N–H and O–H groups in total. The van der Waals surface area contributed by atoms with Crippen molar-refractivity contribution >= 4 is 11.5 Å². The number of hydrogen-bond acceptors (Lipinski definition) is 8. The Morgan fingerprint density at radius 2 is 1.79 bits per heavy atom. The zero-order chi connectivity index (χ0) is 19.3. The molecule has 2 aliphatic heterocycles. The lowest BCUT2D eigenvalue weighted by atomic mass is 10.1. The van der Waals surface area contributed by atoms with Gasteiger partial charge in [0.05, 0.1) is 24.1 Å². The highest BCUT2D eigenvalue weighted by molar-refractivity contribution is 5.64. The number of hydroxylamine groups is 3. The van der Waals surface area contributed by atoms with E-state index in [9.17, 15) is 0 Å². The van der Waals surface area contributed by atoms with Crippen LogP contribution in [0.5, 0.6) is 0 Å². The zero-order valence-electron chi connectivity index (χ0n) is 16.5. The molecule has 2 aromatic rings. The van der Waals surface area contributed by atoms with Crippen LogP contribution >= 0.6 is 0 Å². The zero-order valence-corrected chi connectivity index (χ0v) is 16.5.